The molecule has 0 aliphatic carbocycles. The summed E-state index contributed by atoms with van der Waals surface area (Å²) in [6, 6.07) is 3.63. The van der Waals surface area contributed by atoms with Crippen molar-refractivity contribution in [3.05, 3.63) is 64.9 Å². The van der Waals surface area contributed by atoms with Crippen molar-refractivity contribution in [1.82, 2.24) is 0 Å². The summed E-state index contributed by atoms with van der Waals surface area (Å²) in [5.41, 5.74) is 4.96. The Kier molecular flexibility index (Phi) is 3.87. The molecule has 0 radical (unpaired) electrons. The van der Waals surface area contributed by atoms with Crippen molar-refractivity contribution < 1.29 is 27.4 Å². The molecule has 4 nitrogen and oxygen atoms in total. The molecule has 1 atom stereocenters. The molecule has 2 aliphatic rings. The second kappa shape index (κ2) is 5.74. The van der Waals surface area contributed by atoms with Gasteiger partial charge in [0, 0.05) is 0 Å². The van der Waals surface area contributed by atoms with Crippen LogP contribution in [0.3, 0.4) is 0 Å². The van der Waals surface area contributed by atoms with Gasteiger partial charge in [0.1, 0.15) is 5.76 Å². The minimum absolute atomic E-state index is 0.0531. The molecule has 126 valence electrons. The number of alkyl halides is 3. The van der Waals surface area contributed by atoms with Gasteiger partial charge in [-0.15, -0.1) is 0 Å². The van der Waals surface area contributed by atoms with E-state index in [0.29, 0.717) is 6.42 Å². The van der Waals surface area contributed by atoms with Gasteiger partial charge in [-0.05, 0) is 42.7 Å². The lowest BCUT2D eigenvalue weighted by molar-refractivity contribution is -0.138. The Morgan fingerprint density at radius 2 is 2.04 bits per heavy atom. The first-order valence-electron chi connectivity index (χ1n) is 7.20. The average Bonchev–Trinajstić information content (AvgIpc) is 2.82. The zero-order valence-corrected chi connectivity index (χ0v) is 12.7. The predicted molar refractivity (Wildman–Crippen MR) is 80.1 cm³/mol. The highest BCUT2D eigenvalue weighted by molar-refractivity contribution is 6.26. The van der Waals surface area contributed by atoms with Crippen LogP contribution in [0.15, 0.2) is 48.3 Å². The fourth-order valence-electron chi connectivity index (χ4n) is 2.74. The fraction of sp³-hybridized carbons (Fsp3) is 0.235. The summed E-state index contributed by atoms with van der Waals surface area (Å²) < 4.78 is 49.8. The number of carbonyl (C=O) groups is 1. The number of allylic oxidation sites excluding steroid dienone is 2. The molecule has 0 amide bonds. The van der Waals surface area contributed by atoms with Gasteiger partial charge in [0.05, 0.1) is 17.4 Å². The third-order valence-corrected chi connectivity index (χ3v) is 3.90. The van der Waals surface area contributed by atoms with Crippen LogP contribution in [0.4, 0.5) is 13.2 Å². The number of ketones is 1. The highest BCUT2D eigenvalue weighted by Crippen LogP contribution is 2.38. The highest BCUT2D eigenvalue weighted by Gasteiger charge is 2.41. The van der Waals surface area contributed by atoms with E-state index >= 15 is 0 Å². The largest absolute Gasteiger partial charge is 0.466 e. The van der Waals surface area contributed by atoms with Crippen LogP contribution in [0.5, 0.6) is 0 Å². The number of Topliss-reactive ketones (excluding diaryl/α,β-unsaturated/α-hetero) is 1. The Bertz CT molecular complexity index is 791. The Morgan fingerprint density at radius 3 is 2.67 bits per heavy atom. The van der Waals surface area contributed by atoms with Gasteiger partial charge in [0.2, 0.25) is 11.9 Å². The molecule has 2 N–H and O–H groups in total. The van der Waals surface area contributed by atoms with Crippen molar-refractivity contribution in [3.8, 4) is 0 Å². The van der Waals surface area contributed by atoms with E-state index in [9.17, 15) is 18.0 Å². The van der Waals surface area contributed by atoms with Crippen LogP contribution in [0, 0.1) is 6.92 Å². The van der Waals surface area contributed by atoms with E-state index < -0.39 is 23.6 Å². The summed E-state index contributed by atoms with van der Waals surface area (Å²) in [5.74, 6) is -0.437. The summed E-state index contributed by atoms with van der Waals surface area (Å²) in [6.07, 6.45) is -0.179. The number of hydrogen-bond acceptors (Lipinski definition) is 4. The third kappa shape index (κ3) is 2.66. The number of rotatable bonds is 2. The van der Waals surface area contributed by atoms with Gasteiger partial charge >= 0.3 is 6.18 Å². The maximum Gasteiger partial charge on any atom is 0.416 e. The van der Waals surface area contributed by atoms with E-state index in [2.05, 4.69) is 0 Å². The van der Waals surface area contributed by atoms with Crippen LogP contribution in [-0.2, 0) is 20.4 Å². The SMILES string of the molecule is Cc1c(C2=C(N)OC(C3=CCC=CO3)C2=O)cccc1C(F)(F)F. The first-order valence-corrected chi connectivity index (χ1v) is 7.20. The van der Waals surface area contributed by atoms with Gasteiger partial charge in [-0.25, -0.2) is 0 Å². The molecule has 2 aliphatic heterocycles. The standard InChI is InChI=1S/C17H14F3NO3/c1-9-10(5-4-6-11(9)17(18,19)20)13-14(22)15(24-16(13)21)12-7-2-3-8-23-12/h3-8,15H,2,21H2,1H3. The summed E-state index contributed by atoms with van der Waals surface area (Å²) in [5, 5.41) is 0. The molecule has 0 fully saturated rings. The molecule has 2 heterocycles. The lowest BCUT2D eigenvalue weighted by Crippen LogP contribution is -2.23. The number of hydrogen-bond donors (Lipinski definition) is 1. The normalized spacial score (nSPS) is 20.8. The minimum atomic E-state index is -4.52. The van der Waals surface area contributed by atoms with Crippen molar-refractivity contribution >= 4 is 11.4 Å². The zero-order valence-electron chi connectivity index (χ0n) is 12.7. The number of nitrogens with two attached hydrogens (primary N) is 1. The molecule has 3 rings (SSSR count). The molecular formula is C17H14F3NO3. The van der Waals surface area contributed by atoms with Gasteiger partial charge in [-0.3, -0.25) is 4.79 Å². The van der Waals surface area contributed by atoms with Gasteiger partial charge < -0.3 is 15.2 Å². The molecule has 0 bridgehead atoms. The van der Waals surface area contributed by atoms with Crippen molar-refractivity contribution in [2.45, 2.75) is 25.6 Å². The van der Waals surface area contributed by atoms with E-state index in [1.54, 1.807) is 12.2 Å². The van der Waals surface area contributed by atoms with Crippen molar-refractivity contribution in [3.63, 3.8) is 0 Å². The molecule has 24 heavy (non-hydrogen) atoms. The second-order valence-electron chi connectivity index (χ2n) is 5.41. The highest BCUT2D eigenvalue weighted by atomic mass is 19.4. The molecule has 1 aromatic rings. The quantitative estimate of drug-likeness (QED) is 0.898. The van der Waals surface area contributed by atoms with Crippen molar-refractivity contribution in [2.75, 3.05) is 0 Å². The van der Waals surface area contributed by atoms with Crippen LogP contribution in [0.2, 0.25) is 0 Å². The molecule has 0 saturated heterocycles. The summed E-state index contributed by atoms with van der Waals surface area (Å²) >= 11 is 0. The number of ether oxygens (including phenoxy) is 2. The molecule has 0 saturated carbocycles. The lowest BCUT2D eigenvalue weighted by atomic mass is 9.92. The third-order valence-electron chi connectivity index (χ3n) is 3.90. The van der Waals surface area contributed by atoms with E-state index in [-0.39, 0.29) is 28.3 Å². The fourth-order valence-corrected chi connectivity index (χ4v) is 2.74. The maximum absolute atomic E-state index is 13.1. The van der Waals surface area contributed by atoms with E-state index in [1.165, 1.54) is 25.3 Å². The lowest BCUT2D eigenvalue weighted by Gasteiger charge is -2.16. The Morgan fingerprint density at radius 1 is 1.29 bits per heavy atom. The van der Waals surface area contributed by atoms with Gasteiger partial charge in [-0.1, -0.05) is 12.1 Å². The smallest absolute Gasteiger partial charge is 0.416 e. The van der Waals surface area contributed by atoms with Crippen LogP contribution in [-0.4, -0.2) is 11.9 Å². The van der Waals surface area contributed by atoms with Crippen LogP contribution in [0.1, 0.15) is 23.1 Å². The van der Waals surface area contributed by atoms with Crippen LogP contribution in [0.25, 0.3) is 5.57 Å². The van der Waals surface area contributed by atoms with Gasteiger partial charge in [-0.2, -0.15) is 13.2 Å². The van der Waals surface area contributed by atoms with Crippen LogP contribution < -0.4 is 5.73 Å². The number of benzene rings is 1. The Labute approximate surface area is 136 Å². The number of halogens is 3. The summed E-state index contributed by atoms with van der Waals surface area (Å²) in [6.45, 7) is 1.30. The van der Waals surface area contributed by atoms with E-state index in [1.807, 2.05) is 0 Å². The second-order valence-corrected chi connectivity index (χ2v) is 5.41. The molecule has 0 spiro atoms. The predicted octanol–water partition coefficient (Wildman–Crippen LogP) is 3.43. The van der Waals surface area contributed by atoms with E-state index in [0.717, 1.165) is 6.07 Å². The van der Waals surface area contributed by atoms with Crippen molar-refractivity contribution in [1.29, 1.82) is 0 Å². The molecule has 1 aromatic carbocycles. The minimum Gasteiger partial charge on any atom is -0.466 e. The first kappa shape index (κ1) is 16.2. The van der Waals surface area contributed by atoms with Crippen molar-refractivity contribution in [2.24, 2.45) is 5.73 Å². The van der Waals surface area contributed by atoms with Crippen LogP contribution >= 0.6 is 0 Å². The summed E-state index contributed by atoms with van der Waals surface area (Å²) in [7, 11) is 0. The van der Waals surface area contributed by atoms with Gasteiger partial charge in [0.15, 0.2) is 5.88 Å². The average molecular weight is 337 g/mol. The first-order chi connectivity index (χ1) is 11.3. The molecule has 0 aromatic heterocycles. The zero-order chi connectivity index (χ0) is 17.5. The molecule has 7 heteroatoms. The van der Waals surface area contributed by atoms with E-state index in [4.69, 9.17) is 15.2 Å². The molecule has 1 unspecified atom stereocenters. The number of carbonyl (C=O) groups excluding carboxylic acids is 1. The molecular weight excluding hydrogens is 323 g/mol. The summed E-state index contributed by atoms with van der Waals surface area (Å²) in [4.78, 5) is 12.6. The maximum atomic E-state index is 13.1. The topological polar surface area (TPSA) is 61.6 Å². The van der Waals surface area contributed by atoms with Gasteiger partial charge in [0.25, 0.3) is 0 Å². The monoisotopic (exact) mass is 337 g/mol. The Hall–Kier alpha value is -2.70. The Balaban J connectivity index is 2.00.